The molecule has 5 heteroatoms. The van der Waals surface area contributed by atoms with Crippen LogP contribution in [0.25, 0.3) is 0 Å². The monoisotopic (exact) mass is 206 g/mol. The average Bonchev–Trinajstić information content (AvgIpc) is 2.27. The van der Waals surface area contributed by atoms with Gasteiger partial charge >= 0.3 is 5.97 Å². The predicted molar refractivity (Wildman–Crippen MR) is 52.1 cm³/mol. The van der Waals surface area contributed by atoms with Gasteiger partial charge in [0.1, 0.15) is 11.8 Å². The fourth-order valence-electron chi connectivity index (χ4n) is 1.17. The summed E-state index contributed by atoms with van der Waals surface area (Å²) in [5, 5.41) is 18.3. The largest absolute Gasteiger partial charge is 0.508 e. The number of nitriles is 1. The lowest BCUT2D eigenvalue weighted by Crippen LogP contribution is -2.06. The maximum Gasteiger partial charge on any atom is 0.339 e. The molecule has 0 saturated carbocycles. The van der Waals surface area contributed by atoms with Crippen LogP contribution in [-0.4, -0.2) is 18.2 Å². The highest BCUT2D eigenvalue weighted by Gasteiger charge is 2.15. The standard InChI is InChI=1S/C10H10N2O3/c1-15-10(14)8-3-9(13)7(5-12)2-6(8)4-11/h2-3,13H,5,12H2,1H3. The van der Waals surface area contributed by atoms with Gasteiger partial charge in [-0.1, -0.05) is 0 Å². The maximum atomic E-state index is 11.2. The molecule has 0 saturated heterocycles. The first kappa shape index (κ1) is 11.0. The summed E-state index contributed by atoms with van der Waals surface area (Å²) in [4.78, 5) is 11.2. The van der Waals surface area contributed by atoms with Crippen LogP contribution in [0.5, 0.6) is 5.75 Å². The summed E-state index contributed by atoms with van der Waals surface area (Å²) in [5.74, 6) is -0.776. The molecule has 0 aliphatic rings. The summed E-state index contributed by atoms with van der Waals surface area (Å²) in [5.41, 5.74) is 5.94. The zero-order valence-electron chi connectivity index (χ0n) is 8.15. The van der Waals surface area contributed by atoms with Crippen LogP contribution >= 0.6 is 0 Å². The van der Waals surface area contributed by atoms with E-state index in [-0.39, 0.29) is 23.4 Å². The molecule has 0 atom stereocenters. The number of hydrogen-bond donors (Lipinski definition) is 2. The number of carbonyl (C=O) groups is 1. The molecule has 0 aliphatic heterocycles. The van der Waals surface area contributed by atoms with Crippen LogP contribution in [0.1, 0.15) is 21.5 Å². The Morgan fingerprint density at radius 2 is 2.33 bits per heavy atom. The Kier molecular flexibility index (Phi) is 3.26. The maximum absolute atomic E-state index is 11.2. The van der Waals surface area contributed by atoms with Gasteiger partial charge in [0.25, 0.3) is 0 Å². The van der Waals surface area contributed by atoms with Crippen LogP contribution in [-0.2, 0) is 11.3 Å². The number of phenolic OH excluding ortho intramolecular Hbond substituents is 1. The molecule has 1 aromatic rings. The number of methoxy groups -OCH3 is 1. The molecule has 15 heavy (non-hydrogen) atoms. The number of aromatic hydroxyl groups is 1. The zero-order chi connectivity index (χ0) is 11.4. The first-order valence-electron chi connectivity index (χ1n) is 4.18. The number of ether oxygens (including phenoxy) is 1. The second-order valence-corrected chi connectivity index (χ2v) is 2.83. The summed E-state index contributed by atoms with van der Waals surface area (Å²) < 4.78 is 4.47. The first-order valence-corrected chi connectivity index (χ1v) is 4.18. The van der Waals surface area contributed by atoms with Crippen LogP contribution < -0.4 is 5.73 Å². The molecule has 5 nitrogen and oxygen atoms in total. The SMILES string of the molecule is COC(=O)c1cc(O)c(CN)cc1C#N. The molecule has 0 heterocycles. The van der Waals surface area contributed by atoms with E-state index in [0.717, 1.165) is 0 Å². The van der Waals surface area contributed by atoms with Gasteiger partial charge in [-0.2, -0.15) is 5.26 Å². The molecule has 0 spiro atoms. The number of phenols is 1. The Bertz CT molecular complexity index is 435. The highest BCUT2D eigenvalue weighted by atomic mass is 16.5. The van der Waals surface area contributed by atoms with Crippen molar-refractivity contribution in [3.05, 3.63) is 28.8 Å². The molecule has 0 aliphatic carbocycles. The van der Waals surface area contributed by atoms with Crippen molar-refractivity contribution >= 4 is 5.97 Å². The van der Waals surface area contributed by atoms with Gasteiger partial charge < -0.3 is 15.6 Å². The fraction of sp³-hybridized carbons (Fsp3) is 0.200. The van der Waals surface area contributed by atoms with E-state index in [4.69, 9.17) is 11.0 Å². The van der Waals surface area contributed by atoms with Crippen LogP contribution in [0, 0.1) is 11.3 Å². The Labute approximate surface area is 86.7 Å². The van der Waals surface area contributed by atoms with Crippen LogP contribution in [0.2, 0.25) is 0 Å². The van der Waals surface area contributed by atoms with Gasteiger partial charge in [-0.15, -0.1) is 0 Å². The summed E-state index contributed by atoms with van der Waals surface area (Å²) in [6, 6.07) is 4.41. The van der Waals surface area contributed by atoms with Gasteiger partial charge in [0, 0.05) is 12.1 Å². The summed E-state index contributed by atoms with van der Waals surface area (Å²) >= 11 is 0. The van der Waals surface area contributed by atoms with Crippen molar-refractivity contribution in [2.24, 2.45) is 5.73 Å². The van der Waals surface area contributed by atoms with Crippen molar-refractivity contribution in [3.63, 3.8) is 0 Å². The number of hydrogen-bond acceptors (Lipinski definition) is 5. The van der Waals surface area contributed by atoms with Gasteiger partial charge in [0.2, 0.25) is 0 Å². The Balaban J connectivity index is 3.35. The van der Waals surface area contributed by atoms with E-state index in [0.29, 0.717) is 5.56 Å². The van der Waals surface area contributed by atoms with E-state index < -0.39 is 5.97 Å². The number of nitrogens with zero attached hydrogens (tertiary/aromatic N) is 1. The van der Waals surface area contributed by atoms with E-state index >= 15 is 0 Å². The lowest BCUT2D eigenvalue weighted by atomic mass is 10.0. The van der Waals surface area contributed by atoms with Crippen molar-refractivity contribution in [1.29, 1.82) is 5.26 Å². The van der Waals surface area contributed by atoms with Gasteiger partial charge in [-0.3, -0.25) is 0 Å². The normalized spacial score (nSPS) is 9.40. The van der Waals surface area contributed by atoms with Gasteiger partial charge in [-0.05, 0) is 12.1 Å². The lowest BCUT2D eigenvalue weighted by Gasteiger charge is -2.06. The number of nitrogens with two attached hydrogens (primary N) is 1. The third kappa shape index (κ3) is 2.06. The Morgan fingerprint density at radius 1 is 1.67 bits per heavy atom. The number of benzene rings is 1. The minimum Gasteiger partial charge on any atom is -0.508 e. The summed E-state index contributed by atoms with van der Waals surface area (Å²) in [6.07, 6.45) is 0. The van der Waals surface area contributed by atoms with E-state index in [1.54, 1.807) is 0 Å². The quantitative estimate of drug-likeness (QED) is 0.687. The van der Waals surface area contributed by atoms with Crippen molar-refractivity contribution < 1.29 is 14.6 Å². The first-order chi connectivity index (χ1) is 7.13. The molecule has 1 aromatic carbocycles. The molecule has 0 amide bonds. The average molecular weight is 206 g/mol. The molecule has 0 bridgehead atoms. The highest BCUT2D eigenvalue weighted by molar-refractivity contribution is 5.92. The van der Waals surface area contributed by atoms with E-state index in [1.807, 2.05) is 6.07 Å². The molecule has 3 N–H and O–H groups in total. The summed E-state index contributed by atoms with van der Waals surface area (Å²) in [6.45, 7) is 0.0992. The minimum absolute atomic E-state index is 0.0368. The molecule has 0 fully saturated rings. The topological polar surface area (TPSA) is 96.3 Å². The predicted octanol–water partition coefficient (Wildman–Crippen LogP) is 0.509. The van der Waals surface area contributed by atoms with Crippen molar-refractivity contribution in [1.82, 2.24) is 0 Å². The third-order valence-corrected chi connectivity index (χ3v) is 1.96. The Morgan fingerprint density at radius 3 is 2.80 bits per heavy atom. The lowest BCUT2D eigenvalue weighted by molar-refractivity contribution is 0.0600. The molecule has 0 aromatic heterocycles. The van der Waals surface area contributed by atoms with Crippen molar-refractivity contribution in [2.75, 3.05) is 7.11 Å². The van der Waals surface area contributed by atoms with E-state index in [9.17, 15) is 9.90 Å². The van der Waals surface area contributed by atoms with Crippen molar-refractivity contribution in [3.8, 4) is 11.8 Å². The van der Waals surface area contributed by atoms with Crippen LogP contribution in [0.15, 0.2) is 12.1 Å². The smallest absolute Gasteiger partial charge is 0.339 e. The molecule has 0 radical (unpaired) electrons. The molecule has 78 valence electrons. The molecule has 0 unspecified atom stereocenters. The molecular weight excluding hydrogens is 196 g/mol. The minimum atomic E-state index is -0.662. The van der Waals surface area contributed by atoms with Gasteiger partial charge in [0.05, 0.1) is 18.2 Å². The third-order valence-electron chi connectivity index (χ3n) is 1.96. The molecular formula is C10H10N2O3. The number of carbonyl (C=O) groups excluding carboxylic acids is 1. The van der Waals surface area contributed by atoms with Gasteiger partial charge in [-0.25, -0.2) is 4.79 Å². The van der Waals surface area contributed by atoms with Crippen LogP contribution in [0.4, 0.5) is 0 Å². The summed E-state index contributed by atoms with van der Waals surface area (Å²) in [7, 11) is 1.21. The Hall–Kier alpha value is -2.06. The highest BCUT2D eigenvalue weighted by Crippen LogP contribution is 2.22. The number of esters is 1. The number of rotatable bonds is 2. The van der Waals surface area contributed by atoms with E-state index in [2.05, 4.69) is 4.74 Å². The second kappa shape index (κ2) is 4.44. The van der Waals surface area contributed by atoms with E-state index in [1.165, 1.54) is 19.2 Å². The van der Waals surface area contributed by atoms with Crippen LogP contribution in [0.3, 0.4) is 0 Å². The molecule has 1 rings (SSSR count). The van der Waals surface area contributed by atoms with Gasteiger partial charge in [0.15, 0.2) is 0 Å². The zero-order valence-corrected chi connectivity index (χ0v) is 8.15. The van der Waals surface area contributed by atoms with Crippen molar-refractivity contribution in [2.45, 2.75) is 6.54 Å². The second-order valence-electron chi connectivity index (χ2n) is 2.83. The fourth-order valence-corrected chi connectivity index (χ4v) is 1.17.